The highest BCUT2D eigenvalue weighted by atomic mass is 19.1. The summed E-state index contributed by atoms with van der Waals surface area (Å²) in [6.45, 7) is -0.157. The van der Waals surface area contributed by atoms with Crippen LogP contribution in [0.5, 0.6) is 5.75 Å². The second-order valence-corrected chi connectivity index (χ2v) is 11.4. The number of imidazole rings is 1. The van der Waals surface area contributed by atoms with E-state index in [0.717, 1.165) is 29.0 Å². The van der Waals surface area contributed by atoms with Crippen molar-refractivity contribution in [1.82, 2.24) is 34.4 Å². The van der Waals surface area contributed by atoms with E-state index in [1.165, 1.54) is 19.1 Å². The molecular formula is C30H33F2N7O6. The zero-order valence-corrected chi connectivity index (χ0v) is 25.0. The molecule has 3 aromatic heterocycles. The maximum atomic E-state index is 14.9. The summed E-state index contributed by atoms with van der Waals surface area (Å²) in [5.41, 5.74) is 3.31. The normalized spacial score (nSPS) is 16.1. The van der Waals surface area contributed by atoms with Crippen LogP contribution in [0.25, 0.3) is 33.6 Å². The number of pyridine rings is 1. The van der Waals surface area contributed by atoms with Gasteiger partial charge < -0.3 is 29.2 Å². The molecule has 1 aliphatic carbocycles. The third-order valence-electron chi connectivity index (χ3n) is 8.27. The van der Waals surface area contributed by atoms with Gasteiger partial charge in [-0.25, -0.2) is 24.2 Å². The van der Waals surface area contributed by atoms with Crippen LogP contribution in [0.1, 0.15) is 28.9 Å². The molecule has 4 aromatic rings. The van der Waals surface area contributed by atoms with Crippen molar-refractivity contribution in [2.45, 2.75) is 38.2 Å². The van der Waals surface area contributed by atoms with Crippen molar-refractivity contribution >= 4 is 40.0 Å². The van der Waals surface area contributed by atoms with Gasteiger partial charge in [-0.15, -0.1) is 0 Å². The molecule has 3 amide bonds. The predicted molar refractivity (Wildman–Crippen MR) is 158 cm³/mol. The fraction of sp³-hybridized carbons (Fsp3) is 0.433. The highest BCUT2D eigenvalue weighted by Gasteiger charge is 2.32. The first-order chi connectivity index (χ1) is 21.6. The van der Waals surface area contributed by atoms with Gasteiger partial charge in [-0.2, -0.15) is 4.39 Å². The molecule has 0 bridgehead atoms. The Morgan fingerprint density at radius 1 is 1.24 bits per heavy atom. The SMILES string of the molecule is CON(C)C(=O)C(F)Oc1cccc2cc(-c3nc4cc5c(nc4n3C)CCN(CC(CF)NC(=O)O)C5=O)n(CC3CC3)c12. The predicted octanol–water partition coefficient (Wildman–Crippen LogP) is 3.30. The molecule has 0 saturated heterocycles. The lowest BCUT2D eigenvalue weighted by molar-refractivity contribution is -0.183. The quantitative estimate of drug-likeness (QED) is 0.242. The maximum absolute atomic E-state index is 14.9. The summed E-state index contributed by atoms with van der Waals surface area (Å²) in [6.07, 6.45) is -1.14. The number of halogens is 2. The maximum Gasteiger partial charge on any atom is 0.405 e. The molecule has 1 aromatic carbocycles. The molecule has 2 atom stereocenters. The van der Waals surface area contributed by atoms with Gasteiger partial charge in [-0.05, 0) is 37.0 Å². The Morgan fingerprint density at radius 2 is 2.02 bits per heavy atom. The minimum atomic E-state index is -2.28. The Hall–Kier alpha value is -4.79. The molecule has 0 spiro atoms. The van der Waals surface area contributed by atoms with E-state index >= 15 is 0 Å². The zero-order chi connectivity index (χ0) is 32.0. The standard InChI is InChI=1S/C30H33F2N7O6/c1-36-26-21(12-19-20(34-26)9-10-38(28(19)40)15-18(13-31)33-30(42)43)35-27(36)22-11-17-5-4-6-23(24(17)39(22)14-16-7-8-16)45-25(32)29(41)37(2)44-3/h4-6,11-12,16,18,25,33H,7-10,13-15H2,1-3H3,(H,42,43). The lowest BCUT2D eigenvalue weighted by atomic mass is 10.0. The molecule has 1 saturated carbocycles. The number of carbonyl (C=O) groups excluding carboxylic acids is 2. The highest BCUT2D eigenvalue weighted by molar-refractivity contribution is 5.99. The number of hydrogen-bond donors (Lipinski definition) is 2. The number of amides is 3. The van der Waals surface area contributed by atoms with Crippen molar-refractivity contribution in [3.8, 4) is 17.3 Å². The average Bonchev–Trinajstić information content (AvgIpc) is 3.69. The molecule has 15 heteroatoms. The van der Waals surface area contributed by atoms with E-state index in [1.807, 2.05) is 28.3 Å². The molecule has 1 aliphatic heterocycles. The van der Waals surface area contributed by atoms with Crippen LogP contribution in [0.15, 0.2) is 30.3 Å². The van der Waals surface area contributed by atoms with E-state index in [4.69, 9.17) is 24.6 Å². The number of ether oxygens (including phenoxy) is 1. The lowest BCUT2D eigenvalue weighted by Gasteiger charge is -2.30. The number of benzene rings is 1. The van der Waals surface area contributed by atoms with Gasteiger partial charge >= 0.3 is 18.4 Å². The number of para-hydroxylation sites is 1. The number of fused-ring (bicyclic) bond motifs is 3. The van der Waals surface area contributed by atoms with Gasteiger partial charge in [0.2, 0.25) is 0 Å². The molecule has 6 rings (SSSR count). The smallest absolute Gasteiger partial charge is 0.405 e. The van der Waals surface area contributed by atoms with Crippen LogP contribution >= 0.6 is 0 Å². The number of nitrogens with one attached hydrogen (secondary N) is 1. The summed E-state index contributed by atoms with van der Waals surface area (Å²) in [5, 5.41) is 12.6. The summed E-state index contributed by atoms with van der Waals surface area (Å²) in [6, 6.07) is 7.77. The first-order valence-corrected chi connectivity index (χ1v) is 14.6. The van der Waals surface area contributed by atoms with E-state index in [2.05, 4.69) is 5.32 Å². The van der Waals surface area contributed by atoms with Gasteiger partial charge in [0.1, 0.15) is 17.9 Å². The molecule has 1 fully saturated rings. The van der Waals surface area contributed by atoms with E-state index in [9.17, 15) is 23.2 Å². The number of aryl methyl sites for hydroxylation is 1. The minimum absolute atomic E-state index is 0.106. The van der Waals surface area contributed by atoms with E-state index in [-0.39, 0.29) is 24.7 Å². The Morgan fingerprint density at radius 3 is 2.71 bits per heavy atom. The summed E-state index contributed by atoms with van der Waals surface area (Å²) in [4.78, 5) is 52.6. The number of hydrogen-bond acceptors (Lipinski definition) is 7. The van der Waals surface area contributed by atoms with E-state index in [0.29, 0.717) is 52.6 Å². The second-order valence-electron chi connectivity index (χ2n) is 11.4. The fourth-order valence-electron chi connectivity index (χ4n) is 5.73. The Balaban J connectivity index is 1.38. The van der Waals surface area contributed by atoms with Crippen LogP contribution in [0.3, 0.4) is 0 Å². The summed E-state index contributed by atoms with van der Waals surface area (Å²) >= 11 is 0. The number of carboxylic acid groups (broad SMARTS) is 1. The number of alkyl halides is 2. The zero-order valence-electron chi connectivity index (χ0n) is 25.0. The molecule has 2 N–H and O–H groups in total. The minimum Gasteiger partial charge on any atom is -0.465 e. The van der Waals surface area contributed by atoms with Crippen LogP contribution in [0.2, 0.25) is 0 Å². The van der Waals surface area contributed by atoms with Crippen molar-refractivity contribution < 1.29 is 37.8 Å². The van der Waals surface area contributed by atoms with Crippen molar-refractivity contribution in [2.24, 2.45) is 13.0 Å². The molecule has 2 aliphatic rings. The van der Waals surface area contributed by atoms with Crippen LogP contribution in [0, 0.1) is 5.92 Å². The van der Waals surface area contributed by atoms with Crippen molar-refractivity contribution in [1.29, 1.82) is 0 Å². The summed E-state index contributed by atoms with van der Waals surface area (Å²) in [7, 11) is 4.39. The Kier molecular flexibility index (Phi) is 8.03. The molecule has 45 heavy (non-hydrogen) atoms. The van der Waals surface area contributed by atoms with Gasteiger partial charge in [-0.1, -0.05) is 12.1 Å². The molecular weight excluding hydrogens is 592 g/mol. The summed E-state index contributed by atoms with van der Waals surface area (Å²) < 4.78 is 37.8. The molecule has 2 unspecified atom stereocenters. The van der Waals surface area contributed by atoms with Crippen molar-refractivity contribution in [3.63, 3.8) is 0 Å². The number of rotatable bonds is 11. The monoisotopic (exact) mass is 625 g/mol. The van der Waals surface area contributed by atoms with E-state index in [1.54, 1.807) is 18.2 Å². The van der Waals surface area contributed by atoms with Crippen LogP contribution in [-0.2, 0) is 29.6 Å². The van der Waals surface area contributed by atoms with Crippen molar-refractivity contribution in [3.05, 3.63) is 41.6 Å². The Bertz CT molecular complexity index is 1800. The third-order valence-corrected chi connectivity index (χ3v) is 8.27. The lowest BCUT2D eigenvalue weighted by Crippen LogP contribution is -2.48. The number of hydroxylamine groups is 2. The third kappa shape index (κ3) is 5.75. The molecule has 13 nitrogen and oxygen atoms in total. The number of likely N-dealkylation sites (N-methyl/N-ethyl adjacent to an activating group) is 1. The summed E-state index contributed by atoms with van der Waals surface area (Å²) in [5.74, 6) is -0.161. The first-order valence-electron chi connectivity index (χ1n) is 14.6. The van der Waals surface area contributed by atoms with Gasteiger partial charge in [0.05, 0.1) is 35.6 Å². The number of aromatic nitrogens is 4. The number of carbonyl (C=O) groups is 3. The van der Waals surface area contributed by atoms with Crippen LogP contribution in [-0.4, -0.2) is 98.4 Å². The first kappa shape index (κ1) is 30.2. The molecule has 0 radical (unpaired) electrons. The van der Waals surface area contributed by atoms with Gasteiger partial charge in [0, 0.05) is 45.5 Å². The molecule has 238 valence electrons. The van der Waals surface area contributed by atoms with Crippen molar-refractivity contribution in [2.75, 3.05) is 33.9 Å². The van der Waals surface area contributed by atoms with Crippen LogP contribution < -0.4 is 10.1 Å². The van der Waals surface area contributed by atoms with Gasteiger partial charge in [0.25, 0.3) is 5.91 Å². The second kappa shape index (κ2) is 12.0. The van der Waals surface area contributed by atoms with Gasteiger partial charge in [-0.3, -0.25) is 14.4 Å². The fourth-order valence-corrected chi connectivity index (χ4v) is 5.73. The van der Waals surface area contributed by atoms with Gasteiger partial charge in [0.15, 0.2) is 11.5 Å². The van der Waals surface area contributed by atoms with Crippen LogP contribution in [0.4, 0.5) is 13.6 Å². The average molecular weight is 626 g/mol. The largest absolute Gasteiger partial charge is 0.465 e. The van der Waals surface area contributed by atoms with E-state index < -0.39 is 31.1 Å². The number of nitrogens with zero attached hydrogens (tertiary/aromatic N) is 6. The molecule has 4 heterocycles. The Labute approximate surface area is 256 Å². The highest BCUT2D eigenvalue weighted by Crippen LogP contribution is 2.39. The topological polar surface area (TPSA) is 144 Å².